The number of carbonyl (C=O) groups is 1. The molecule has 0 amide bonds. The molecule has 0 aliphatic carbocycles. The highest BCUT2D eigenvalue weighted by Gasteiger charge is 2.15. The van der Waals surface area contributed by atoms with E-state index in [1.165, 1.54) is 4.88 Å². The zero-order valence-corrected chi connectivity index (χ0v) is 11.6. The van der Waals surface area contributed by atoms with Crippen molar-refractivity contribution in [2.24, 2.45) is 5.92 Å². The van der Waals surface area contributed by atoms with Gasteiger partial charge in [-0.25, -0.2) is 4.79 Å². The largest absolute Gasteiger partial charge is 0.462 e. The van der Waals surface area contributed by atoms with E-state index in [2.05, 4.69) is 29.8 Å². The lowest BCUT2D eigenvalue weighted by Gasteiger charge is -1.99. The van der Waals surface area contributed by atoms with Gasteiger partial charge in [0.2, 0.25) is 0 Å². The summed E-state index contributed by atoms with van der Waals surface area (Å²) < 4.78 is 5.84. The molecule has 15 heavy (non-hydrogen) atoms. The van der Waals surface area contributed by atoms with E-state index in [-0.39, 0.29) is 5.97 Å². The monoisotopic (exact) mass is 290 g/mol. The standard InChI is InChI=1S/C11H15BrO2S/c1-4-14-11(13)9-6-8(5-7(2)3)15-10(9)12/h6-7H,4-5H2,1-3H3. The van der Waals surface area contributed by atoms with Crippen molar-refractivity contribution < 1.29 is 9.53 Å². The first-order valence-corrected chi connectivity index (χ1v) is 6.60. The van der Waals surface area contributed by atoms with E-state index in [9.17, 15) is 4.79 Å². The molecule has 0 radical (unpaired) electrons. The van der Waals surface area contributed by atoms with Gasteiger partial charge >= 0.3 is 5.97 Å². The van der Waals surface area contributed by atoms with Gasteiger partial charge in [0.1, 0.15) is 0 Å². The van der Waals surface area contributed by atoms with Gasteiger partial charge < -0.3 is 4.74 Å². The third kappa shape index (κ3) is 3.61. The number of thiophene rings is 1. The van der Waals surface area contributed by atoms with E-state index in [0.29, 0.717) is 18.1 Å². The summed E-state index contributed by atoms with van der Waals surface area (Å²) in [6.45, 7) is 6.56. The first-order chi connectivity index (χ1) is 7.04. The van der Waals surface area contributed by atoms with Gasteiger partial charge in [-0.1, -0.05) is 13.8 Å². The molecule has 0 saturated carbocycles. The molecule has 1 rings (SSSR count). The number of esters is 1. The Balaban J connectivity index is 2.81. The van der Waals surface area contributed by atoms with Crippen molar-refractivity contribution in [1.29, 1.82) is 0 Å². The molecule has 0 aliphatic rings. The van der Waals surface area contributed by atoms with Crippen LogP contribution in [-0.4, -0.2) is 12.6 Å². The number of hydrogen-bond donors (Lipinski definition) is 0. The quantitative estimate of drug-likeness (QED) is 0.787. The Labute approximate surface area is 103 Å². The third-order valence-corrected chi connectivity index (χ3v) is 3.70. The van der Waals surface area contributed by atoms with Gasteiger partial charge in [0.15, 0.2) is 0 Å². The summed E-state index contributed by atoms with van der Waals surface area (Å²) >= 11 is 5.01. The molecule has 0 fully saturated rings. The summed E-state index contributed by atoms with van der Waals surface area (Å²) in [5.74, 6) is 0.362. The van der Waals surface area contributed by atoms with Crippen molar-refractivity contribution in [3.05, 3.63) is 20.3 Å². The van der Waals surface area contributed by atoms with Crippen LogP contribution in [0.4, 0.5) is 0 Å². The predicted molar refractivity (Wildman–Crippen MR) is 66.5 cm³/mol. The van der Waals surface area contributed by atoms with E-state index in [1.54, 1.807) is 11.3 Å². The summed E-state index contributed by atoms with van der Waals surface area (Å²) in [6.07, 6.45) is 1.00. The smallest absolute Gasteiger partial charge is 0.340 e. The van der Waals surface area contributed by atoms with Crippen LogP contribution in [0.2, 0.25) is 0 Å². The fourth-order valence-electron chi connectivity index (χ4n) is 1.27. The lowest BCUT2D eigenvalue weighted by Crippen LogP contribution is -2.03. The SMILES string of the molecule is CCOC(=O)c1cc(CC(C)C)sc1Br. The van der Waals surface area contributed by atoms with Gasteiger partial charge in [0.05, 0.1) is 16.0 Å². The zero-order chi connectivity index (χ0) is 11.4. The Morgan fingerprint density at radius 2 is 2.27 bits per heavy atom. The van der Waals surface area contributed by atoms with Gasteiger partial charge in [0.25, 0.3) is 0 Å². The minimum Gasteiger partial charge on any atom is -0.462 e. The highest BCUT2D eigenvalue weighted by atomic mass is 79.9. The minimum absolute atomic E-state index is 0.240. The molecule has 0 bridgehead atoms. The molecular formula is C11H15BrO2S. The van der Waals surface area contributed by atoms with E-state index < -0.39 is 0 Å². The molecular weight excluding hydrogens is 276 g/mol. The van der Waals surface area contributed by atoms with Crippen LogP contribution in [0.3, 0.4) is 0 Å². The number of carbonyl (C=O) groups excluding carboxylic acids is 1. The summed E-state index contributed by atoms with van der Waals surface area (Å²) in [6, 6.07) is 1.92. The average molecular weight is 291 g/mol. The van der Waals surface area contributed by atoms with Crippen LogP contribution in [0.15, 0.2) is 9.85 Å². The van der Waals surface area contributed by atoms with Crippen LogP contribution in [0, 0.1) is 5.92 Å². The lowest BCUT2D eigenvalue weighted by molar-refractivity contribution is 0.0526. The van der Waals surface area contributed by atoms with Crippen molar-refractivity contribution in [3.63, 3.8) is 0 Å². The van der Waals surface area contributed by atoms with Crippen LogP contribution < -0.4 is 0 Å². The lowest BCUT2D eigenvalue weighted by atomic mass is 10.1. The van der Waals surface area contributed by atoms with Crippen molar-refractivity contribution in [3.8, 4) is 0 Å². The van der Waals surface area contributed by atoms with Gasteiger partial charge in [-0.2, -0.15) is 0 Å². The van der Waals surface area contributed by atoms with Crippen molar-refractivity contribution in [1.82, 2.24) is 0 Å². The van der Waals surface area contributed by atoms with Crippen LogP contribution in [0.5, 0.6) is 0 Å². The highest BCUT2D eigenvalue weighted by Crippen LogP contribution is 2.30. The van der Waals surface area contributed by atoms with Crippen LogP contribution in [0.1, 0.15) is 36.0 Å². The number of hydrogen-bond acceptors (Lipinski definition) is 3. The van der Waals surface area contributed by atoms with Gasteiger partial charge in [0, 0.05) is 4.88 Å². The average Bonchev–Trinajstić information content (AvgIpc) is 2.46. The Bertz CT molecular complexity index is 344. The van der Waals surface area contributed by atoms with Gasteiger partial charge in [-0.15, -0.1) is 11.3 Å². The van der Waals surface area contributed by atoms with Crippen molar-refractivity contribution >= 4 is 33.2 Å². The molecule has 1 aromatic heterocycles. The number of ether oxygens (including phenoxy) is 1. The summed E-state index contributed by atoms with van der Waals surface area (Å²) in [5, 5.41) is 0. The van der Waals surface area contributed by atoms with Crippen molar-refractivity contribution in [2.75, 3.05) is 6.61 Å². The zero-order valence-electron chi connectivity index (χ0n) is 9.17. The van der Waals surface area contributed by atoms with E-state index in [4.69, 9.17) is 4.74 Å². The maximum absolute atomic E-state index is 11.5. The Morgan fingerprint density at radius 3 is 2.80 bits per heavy atom. The van der Waals surface area contributed by atoms with Gasteiger partial charge in [-0.3, -0.25) is 0 Å². The number of rotatable bonds is 4. The van der Waals surface area contributed by atoms with E-state index in [1.807, 2.05) is 13.0 Å². The molecule has 1 aromatic rings. The molecule has 2 nitrogen and oxygen atoms in total. The Kier molecular flexibility index (Phi) is 4.80. The second kappa shape index (κ2) is 5.66. The predicted octanol–water partition coefficient (Wildman–Crippen LogP) is 3.89. The van der Waals surface area contributed by atoms with Crippen LogP contribution in [-0.2, 0) is 11.2 Å². The van der Waals surface area contributed by atoms with Crippen molar-refractivity contribution in [2.45, 2.75) is 27.2 Å². The fraction of sp³-hybridized carbons (Fsp3) is 0.545. The molecule has 84 valence electrons. The second-order valence-electron chi connectivity index (χ2n) is 3.72. The maximum Gasteiger partial charge on any atom is 0.340 e. The molecule has 0 atom stereocenters. The highest BCUT2D eigenvalue weighted by molar-refractivity contribution is 9.11. The maximum atomic E-state index is 11.5. The first-order valence-electron chi connectivity index (χ1n) is 5.00. The van der Waals surface area contributed by atoms with E-state index >= 15 is 0 Å². The van der Waals surface area contributed by atoms with Crippen LogP contribution >= 0.6 is 27.3 Å². The van der Waals surface area contributed by atoms with E-state index in [0.717, 1.165) is 10.2 Å². The molecule has 0 unspecified atom stereocenters. The Morgan fingerprint density at radius 1 is 1.60 bits per heavy atom. The summed E-state index contributed by atoms with van der Waals surface area (Å²) in [4.78, 5) is 12.7. The number of halogens is 1. The molecule has 0 N–H and O–H groups in total. The normalized spacial score (nSPS) is 10.7. The van der Waals surface area contributed by atoms with Gasteiger partial charge in [-0.05, 0) is 41.3 Å². The molecule has 0 aliphatic heterocycles. The molecule has 1 heterocycles. The molecule has 0 aromatic carbocycles. The Hall–Kier alpha value is -0.350. The summed E-state index contributed by atoms with van der Waals surface area (Å²) in [5.41, 5.74) is 0.650. The second-order valence-corrected chi connectivity index (χ2v) is 6.17. The molecule has 0 saturated heterocycles. The fourth-order valence-corrected chi connectivity index (χ4v) is 3.24. The third-order valence-electron chi connectivity index (χ3n) is 1.84. The van der Waals surface area contributed by atoms with Crippen LogP contribution in [0.25, 0.3) is 0 Å². The molecule has 0 spiro atoms. The summed E-state index contributed by atoms with van der Waals surface area (Å²) in [7, 11) is 0. The minimum atomic E-state index is -0.240. The topological polar surface area (TPSA) is 26.3 Å². The first kappa shape index (κ1) is 12.7. The molecule has 4 heteroatoms.